The van der Waals surface area contributed by atoms with Gasteiger partial charge in [-0.2, -0.15) is 0 Å². The first-order chi connectivity index (χ1) is 14.4. The van der Waals surface area contributed by atoms with E-state index >= 15 is 0 Å². The number of halogens is 2. The summed E-state index contributed by atoms with van der Waals surface area (Å²) in [4.78, 5) is 27.6. The number of rotatable bonds is 6. The van der Waals surface area contributed by atoms with Gasteiger partial charge in [0.1, 0.15) is 29.6 Å². The molecule has 0 aliphatic rings. The molecular formula is C21H17ClFN3O4. The summed E-state index contributed by atoms with van der Waals surface area (Å²) in [6, 6.07) is 13.4. The van der Waals surface area contributed by atoms with Gasteiger partial charge in [0.2, 0.25) is 0 Å². The van der Waals surface area contributed by atoms with Crippen molar-refractivity contribution in [1.29, 1.82) is 0 Å². The van der Waals surface area contributed by atoms with Crippen molar-refractivity contribution in [2.75, 3.05) is 12.4 Å². The number of pyridine rings is 1. The Labute approximate surface area is 176 Å². The average Bonchev–Trinajstić information content (AvgIpc) is 2.75. The van der Waals surface area contributed by atoms with Crippen LogP contribution in [0.2, 0.25) is 5.02 Å². The Hall–Kier alpha value is -3.65. The van der Waals surface area contributed by atoms with Crippen molar-refractivity contribution >= 4 is 29.3 Å². The molecule has 3 aromatic rings. The van der Waals surface area contributed by atoms with Gasteiger partial charge in [0.15, 0.2) is 0 Å². The van der Waals surface area contributed by atoms with Crippen LogP contribution >= 0.6 is 11.6 Å². The first-order valence-corrected chi connectivity index (χ1v) is 9.16. The summed E-state index contributed by atoms with van der Waals surface area (Å²) >= 11 is 6.21. The molecule has 1 heterocycles. The number of nitrogens with zero attached hydrogens (tertiary/aromatic N) is 1. The number of benzene rings is 2. The minimum atomic E-state index is -0.709. The van der Waals surface area contributed by atoms with Crippen LogP contribution in [0.5, 0.6) is 11.5 Å². The Morgan fingerprint density at radius 1 is 1.07 bits per heavy atom. The number of anilines is 1. The van der Waals surface area contributed by atoms with Crippen molar-refractivity contribution in [1.82, 2.24) is 10.3 Å². The van der Waals surface area contributed by atoms with Crippen LogP contribution in [-0.2, 0) is 11.3 Å². The predicted molar refractivity (Wildman–Crippen MR) is 109 cm³/mol. The summed E-state index contributed by atoms with van der Waals surface area (Å²) in [5.74, 6) is 0.101. The van der Waals surface area contributed by atoms with E-state index in [0.717, 1.165) is 0 Å². The van der Waals surface area contributed by atoms with E-state index in [2.05, 4.69) is 15.6 Å². The van der Waals surface area contributed by atoms with Crippen molar-refractivity contribution in [3.05, 3.63) is 82.9 Å². The summed E-state index contributed by atoms with van der Waals surface area (Å²) in [7, 11) is 1.51. The minimum absolute atomic E-state index is 0.0133. The molecule has 0 saturated heterocycles. The Morgan fingerprint density at radius 3 is 2.50 bits per heavy atom. The van der Waals surface area contributed by atoms with Crippen molar-refractivity contribution in [3.63, 3.8) is 0 Å². The fourth-order valence-electron chi connectivity index (χ4n) is 2.40. The number of hydrogen-bond acceptors (Lipinski definition) is 5. The number of ether oxygens (including phenoxy) is 2. The Morgan fingerprint density at radius 2 is 1.80 bits per heavy atom. The first kappa shape index (κ1) is 21.1. The maximum Gasteiger partial charge on any atom is 0.412 e. The molecule has 3 rings (SSSR count). The SMILES string of the molecule is CNC(=O)c1cc(Oc2ccc(NC(=O)OCc3ccc(F)cc3)c(Cl)c2)ccn1. The molecule has 2 aromatic carbocycles. The molecule has 9 heteroatoms. The van der Waals surface area contributed by atoms with Gasteiger partial charge < -0.3 is 14.8 Å². The van der Waals surface area contributed by atoms with Crippen molar-refractivity contribution in [2.24, 2.45) is 0 Å². The monoisotopic (exact) mass is 429 g/mol. The van der Waals surface area contributed by atoms with Crippen LogP contribution in [0.15, 0.2) is 60.8 Å². The number of amides is 2. The number of aromatic nitrogens is 1. The van der Waals surface area contributed by atoms with Gasteiger partial charge in [-0.05, 0) is 35.9 Å². The van der Waals surface area contributed by atoms with Crippen LogP contribution in [0.4, 0.5) is 14.9 Å². The van der Waals surface area contributed by atoms with Crippen LogP contribution < -0.4 is 15.4 Å². The third kappa shape index (κ3) is 5.68. The van der Waals surface area contributed by atoms with Gasteiger partial charge in [-0.25, -0.2) is 9.18 Å². The molecule has 0 radical (unpaired) electrons. The fourth-order valence-corrected chi connectivity index (χ4v) is 2.62. The summed E-state index contributed by atoms with van der Waals surface area (Å²) in [6.07, 6.45) is 0.744. The Balaban J connectivity index is 1.60. The molecule has 0 aliphatic carbocycles. The van der Waals surface area contributed by atoms with Crippen molar-refractivity contribution in [3.8, 4) is 11.5 Å². The molecule has 0 saturated carbocycles. The van der Waals surface area contributed by atoms with Gasteiger partial charge in [0.05, 0.1) is 10.7 Å². The summed E-state index contributed by atoms with van der Waals surface area (Å²) in [5.41, 5.74) is 1.19. The standard InChI is InChI=1S/C21H17ClFN3O4/c1-24-20(27)19-11-16(8-9-25-19)30-15-6-7-18(17(22)10-15)26-21(28)29-12-13-2-4-14(23)5-3-13/h2-11H,12H2,1H3,(H,24,27)(H,26,28). The zero-order chi connectivity index (χ0) is 21.5. The minimum Gasteiger partial charge on any atom is -0.457 e. The van der Waals surface area contributed by atoms with Crippen LogP contribution in [0.3, 0.4) is 0 Å². The zero-order valence-electron chi connectivity index (χ0n) is 15.8. The second kappa shape index (κ2) is 9.71. The first-order valence-electron chi connectivity index (χ1n) is 8.78. The molecule has 154 valence electrons. The van der Waals surface area contributed by atoms with E-state index in [1.807, 2.05) is 0 Å². The van der Waals surface area contributed by atoms with E-state index in [9.17, 15) is 14.0 Å². The van der Waals surface area contributed by atoms with E-state index in [4.69, 9.17) is 21.1 Å². The highest BCUT2D eigenvalue weighted by Gasteiger charge is 2.10. The highest BCUT2D eigenvalue weighted by Crippen LogP contribution is 2.30. The Bertz CT molecular complexity index is 1060. The lowest BCUT2D eigenvalue weighted by Gasteiger charge is -2.11. The van der Waals surface area contributed by atoms with Crippen LogP contribution in [0, 0.1) is 5.82 Å². The van der Waals surface area contributed by atoms with Gasteiger partial charge in [0.25, 0.3) is 5.91 Å². The third-order valence-electron chi connectivity index (χ3n) is 3.89. The lowest BCUT2D eigenvalue weighted by Crippen LogP contribution is -2.18. The van der Waals surface area contributed by atoms with Crippen LogP contribution in [0.25, 0.3) is 0 Å². The number of nitrogens with one attached hydrogen (secondary N) is 2. The molecule has 0 aliphatic heterocycles. The van der Waals surface area contributed by atoms with Crippen LogP contribution in [0.1, 0.15) is 16.1 Å². The largest absolute Gasteiger partial charge is 0.457 e. The molecule has 1 aromatic heterocycles. The second-order valence-corrected chi connectivity index (χ2v) is 6.43. The molecule has 0 unspecified atom stereocenters. The van der Waals surface area contributed by atoms with E-state index in [1.165, 1.54) is 49.6 Å². The molecule has 30 heavy (non-hydrogen) atoms. The number of carbonyl (C=O) groups excluding carboxylic acids is 2. The zero-order valence-corrected chi connectivity index (χ0v) is 16.6. The Kier molecular flexibility index (Phi) is 6.82. The molecule has 0 atom stereocenters. The second-order valence-electron chi connectivity index (χ2n) is 6.03. The smallest absolute Gasteiger partial charge is 0.412 e. The highest BCUT2D eigenvalue weighted by molar-refractivity contribution is 6.33. The molecule has 7 nitrogen and oxygen atoms in total. The molecule has 0 spiro atoms. The molecular weight excluding hydrogens is 413 g/mol. The normalized spacial score (nSPS) is 10.2. The summed E-state index contributed by atoms with van der Waals surface area (Å²) in [5, 5.41) is 5.24. The number of carbonyl (C=O) groups is 2. The maximum atomic E-state index is 12.9. The lowest BCUT2D eigenvalue weighted by atomic mass is 10.2. The molecule has 2 amide bonds. The summed E-state index contributed by atoms with van der Waals surface area (Å²) < 4.78 is 23.7. The highest BCUT2D eigenvalue weighted by atomic mass is 35.5. The van der Waals surface area contributed by atoms with E-state index in [-0.39, 0.29) is 29.0 Å². The van der Waals surface area contributed by atoms with E-state index in [0.29, 0.717) is 22.7 Å². The maximum absolute atomic E-state index is 12.9. The molecule has 0 fully saturated rings. The average molecular weight is 430 g/mol. The van der Waals surface area contributed by atoms with Gasteiger partial charge in [0, 0.05) is 25.4 Å². The number of hydrogen-bond donors (Lipinski definition) is 2. The van der Waals surface area contributed by atoms with Crippen LogP contribution in [-0.4, -0.2) is 24.0 Å². The lowest BCUT2D eigenvalue weighted by molar-refractivity contribution is 0.0957. The molecule has 0 bridgehead atoms. The van der Waals surface area contributed by atoms with Gasteiger partial charge in [-0.1, -0.05) is 23.7 Å². The topological polar surface area (TPSA) is 89.6 Å². The van der Waals surface area contributed by atoms with Gasteiger partial charge in [-0.3, -0.25) is 15.1 Å². The van der Waals surface area contributed by atoms with E-state index < -0.39 is 6.09 Å². The van der Waals surface area contributed by atoms with Gasteiger partial charge in [-0.15, -0.1) is 0 Å². The van der Waals surface area contributed by atoms with Crippen molar-refractivity contribution in [2.45, 2.75) is 6.61 Å². The third-order valence-corrected chi connectivity index (χ3v) is 4.20. The van der Waals surface area contributed by atoms with Gasteiger partial charge >= 0.3 is 6.09 Å². The quantitative estimate of drug-likeness (QED) is 0.588. The summed E-state index contributed by atoms with van der Waals surface area (Å²) in [6.45, 7) is -0.0133. The molecule has 2 N–H and O–H groups in total. The predicted octanol–water partition coefficient (Wildman–Crippen LogP) is 4.77. The van der Waals surface area contributed by atoms with E-state index in [1.54, 1.807) is 18.2 Å². The van der Waals surface area contributed by atoms with Crippen molar-refractivity contribution < 1.29 is 23.5 Å². The fraction of sp³-hybridized carbons (Fsp3) is 0.0952.